The van der Waals surface area contributed by atoms with E-state index in [1.807, 2.05) is 24.3 Å². The van der Waals surface area contributed by atoms with Gasteiger partial charge in [0, 0.05) is 5.56 Å². The van der Waals surface area contributed by atoms with Gasteiger partial charge in [-0.25, -0.2) is 0 Å². The molecular formula is C17H20O4S. The maximum atomic E-state index is 11.6. The molecule has 0 heterocycles. The Morgan fingerprint density at radius 2 is 1.73 bits per heavy atom. The summed E-state index contributed by atoms with van der Waals surface area (Å²) in [5.41, 5.74) is 2.25. The number of methoxy groups -OCH3 is 1. The average Bonchev–Trinajstić information content (AvgIpc) is 2.45. The minimum absolute atomic E-state index is 0.150. The van der Waals surface area contributed by atoms with Crippen molar-refractivity contribution in [2.75, 3.05) is 7.11 Å². The number of hydrogen-bond acceptors (Lipinski definition) is 3. The van der Waals surface area contributed by atoms with Crippen molar-refractivity contribution in [3.05, 3.63) is 48.0 Å². The summed E-state index contributed by atoms with van der Waals surface area (Å²) in [5.74, 6) is 0.956. The second-order valence-corrected chi connectivity index (χ2v) is 6.99. The standard InChI is InChI=1S/C17H20O4S/c1-12(2)11-13-7-9-14(10-8-13)17-15(21-3)5-4-6-16(17)22(18,19)20/h4-10,12H,11H2,1-3H3,(H,18,19,20). The van der Waals surface area contributed by atoms with Crippen LogP contribution in [0.15, 0.2) is 47.4 Å². The van der Waals surface area contributed by atoms with Gasteiger partial charge < -0.3 is 4.74 Å². The Labute approximate surface area is 131 Å². The topological polar surface area (TPSA) is 63.6 Å². The van der Waals surface area contributed by atoms with E-state index < -0.39 is 10.1 Å². The molecule has 5 heteroatoms. The Morgan fingerprint density at radius 3 is 2.23 bits per heavy atom. The van der Waals surface area contributed by atoms with Crippen LogP contribution < -0.4 is 4.74 Å². The fourth-order valence-corrected chi connectivity index (χ4v) is 3.19. The quantitative estimate of drug-likeness (QED) is 0.851. The Hall–Kier alpha value is -1.85. The third kappa shape index (κ3) is 3.67. The van der Waals surface area contributed by atoms with Crippen LogP contribution in [-0.2, 0) is 16.5 Å². The molecule has 0 amide bonds. The van der Waals surface area contributed by atoms with Gasteiger partial charge in [0.2, 0.25) is 0 Å². The summed E-state index contributed by atoms with van der Waals surface area (Å²) >= 11 is 0. The van der Waals surface area contributed by atoms with Crippen molar-refractivity contribution in [3.8, 4) is 16.9 Å². The first-order chi connectivity index (χ1) is 10.3. The van der Waals surface area contributed by atoms with Gasteiger partial charge in [0.1, 0.15) is 10.6 Å². The summed E-state index contributed by atoms with van der Waals surface area (Å²) < 4.78 is 37.9. The third-order valence-corrected chi connectivity index (χ3v) is 4.27. The van der Waals surface area contributed by atoms with Crippen LogP contribution >= 0.6 is 0 Å². The van der Waals surface area contributed by atoms with Gasteiger partial charge in [-0.15, -0.1) is 0 Å². The molecule has 0 bridgehead atoms. The first kappa shape index (κ1) is 16.5. The Bertz CT molecular complexity index is 747. The third-order valence-electron chi connectivity index (χ3n) is 3.37. The second-order valence-electron chi connectivity index (χ2n) is 5.60. The number of rotatable bonds is 5. The Kier molecular flexibility index (Phi) is 4.88. The van der Waals surface area contributed by atoms with Crippen molar-refractivity contribution in [3.63, 3.8) is 0 Å². The highest BCUT2D eigenvalue weighted by Crippen LogP contribution is 2.36. The summed E-state index contributed by atoms with van der Waals surface area (Å²) in [5, 5.41) is 0. The lowest BCUT2D eigenvalue weighted by Gasteiger charge is -2.13. The first-order valence-corrected chi connectivity index (χ1v) is 8.50. The maximum Gasteiger partial charge on any atom is 0.295 e. The summed E-state index contributed by atoms with van der Waals surface area (Å²) in [6.45, 7) is 4.29. The van der Waals surface area contributed by atoms with Gasteiger partial charge in [0.15, 0.2) is 0 Å². The van der Waals surface area contributed by atoms with E-state index in [-0.39, 0.29) is 4.90 Å². The SMILES string of the molecule is COc1cccc(S(=O)(=O)O)c1-c1ccc(CC(C)C)cc1. The number of ether oxygens (including phenoxy) is 1. The molecule has 22 heavy (non-hydrogen) atoms. The summed E-state index contributed by atoms with van der Waals surface area (Å²) in [7, 11) is -2.85. The molecule has 0 fully saturated rings. The van der Waals surface area contributed by atoms with Crippen molar-refractivity contribution in [1.29, 1.82) is 0 Å². The van der Waals surface area contributed by atoms with E-state index in [1.54, 1.807) is 12.1 Å². The molecule has 0 aliphatic heterocycles. The summed E-state index contributed by atoms with van der Waals surface area (Å²) in [4.78, 5) is -0.150. The van der Waals surface area contributed by atoms with Gasteiger partial charge in [-0.05, 0) is 35.6 Å². The highest BCUT2D eigenvalue weighted by Gasteiger charge is 2.20. The van der Waals surface area contributed by atoms with E-state index in [0.29, 0.717) is 22.8 Å². The Balaban J connectivity index is 2.56. The highest BCUT2D eigenvalue weighted by molar-refractivity contribution is 7.86. The molecule has 4 nitrogen and oxygen atoms in total. The lowest BCUT2D eigenvalue weighted by molar-refractivity contribution is 0.414. The molecule has 0 saturated carbocycles. The predicted molar refractivity (Wildman–Crippen MR) is 86.8 cm³/mol. The second kappa shape index (κ2) is 6.50. The van der Waals surface area contributed by atoms with Crippen molar-refractivity contribution in [2.45, 2.75) is 25.2 Å². The van der Waals surface area contributed by atoms with Crippen molar-refractivity contribution in [2.24, 2.45) is 5.92 Å². The van der Waals surface area contributed by atoms with Gasteiger partial charge in [-0.3, -0.25) is 4.55 Å². The average molecular weight is 320 g/mol. The van der Waals surface area contributed by atoms with Gasteiger partial charge >= 0.3 is 0 Å². The number of hydrogen-bond donors (Lipinski definition) is 1. The van der Waals surface area contributed by atoms with Crippen molar-refractivity contribution < 1.29 is 17.7 Å². The lowest BCUT2D eigenvalue weighted by atomic mass is 9.98. The molecular weight excluding hydrogens is 300 g/mol. The molecule has 0 spiro atoms. The first-order valence-electron chi connectivity index (χ1n) is 7.06. The van der Waals surface area contributed by atoms with E-state index in [4.69, 9.17) is 4.74 Å². The zero-order chi connectivity index (χ0) is 16.3. The van der Waals surface area contributed by atoms with E-state index in [0.717, 1.165) is 6.42 Å². The molecule has 0 atom stereocenters. The largest absolute Gasteiger partial charge is 0.496 e. The maximum absolute atomic E-state index is 11.6. The van der Waals surface area contributed by atoms with Crippen molar-refractivity contribution in [1.82, 2.24) is 0 Å². The zero-order valence-electron chi connectivity index (χ0n) is 12.9. The van der Waals surface area contributed by atoms with Crippen LogP contribution in [0.2, 0.25) is 0 Å². The van der Waals surface area contributed by atoms with E-state index in [1.165, 1.54) is 18.7 Å². The van der Waals surface area contributed by atoms with Crippen LogP contribution in [-0.4, -0.2) is 20.1 Å². The van der Waals surface area contributed by atoms with Crippen molar-refractivity contribution >= 4 is 10.1 Å². The van der Waals surface area contributed by atoms with Gasteiger partial charge in [0.25, 0.3) is 10.1 Å². The molecule has 0 aliphatic rings. The summed E-state index contributed by atoms with van der Waals surface area (Å²) in [6.07, 6.45) is 0.956. The monoisotopic (exact) mass is 320 g/mol. The molecule has 0 radical (unpaired) electrons. The normalized spacial score (nSPS) is 11.7. The molecule has 0 aromatic heterocycles. The molecule has 2 rings (SSSR count). The van der Waals surface area contributed by atoms with E-state index >= 15 is 0 Å². The molecule has 0 unspecified atom stereocenters. The minimum Gasteiger partial charge on any atom is -0.496 e. The van der Waals surface area contributed by atoms with E-state index in [9.17, 15) is 13.0 Å². The molecule has 0 aliphatic carbocycles. The summed E-state index contributed by atoms with van der Waals surface area (Å²) in [6, 6.07) is 12.2. The van der Waals surface area contributed by atoms with Crippen LogP contribution in [0.4, 0.5) is 0 Å². The van der Waals surface area contributed by atoms with Gasteiger partial charge in [-0.2, -0.15) is 8.42 Å². The van der Waals surface area contributed by atoms with Crippen LogP contribution in [0.1, 0.15) is 19.4 Å². The number of benzene rings is 2. The lowest BCUT2D eigenvalue weighted by Crippen LogP contribution is -2.02. The smallest absolute Gasteiger partial charge is 0.295 e. The minimum atomic E-state index is -4.32. The fraction of sp³-hybridized carbons (Fsp3) is 0.294. The molecule has 2 aromatic carbocycles. The Morgan fingerprint density at radius 1 is 1.09 bits per heavy atom. The van der Waals surface area contributed by atoms with Crippen LogP contribution in [0.5, 0.6) is 5.75 Å². The van der Waals surface area contributed by atoms with Gasteiger partial charge in [0.05, 0.1) is 7.11 Å². The molecule has 2 aromatic rings. The van der Waals surface area contributed by atoms with Crippen LogP contribution in [0.3, 0.4) is 0 Å². The molecule has 0 saturated heterocycles. The highest BCUT2D eigenvalue weighted by atomic mass is 32.2. The molecule has 118 valence electrons. The van der Waals surface area contributed by atoms with Gasteiger partial charge in [-0.1, -0.05) is 44.2 Å². The zero-order valence-corrected chi connectivity index (χ0v) is 13.7. The molecule has 1 N–H and O–H groups in total. The predicted octanol–water partition coefficient (Wildman–Crippen LogP) is 3.81. The van der Waals surface area contributed by atoms with Crippen LogP contribution in [0, 0.1) is 5.92 Å². The fourth-order valence-electron chi connectivity index (χ4n) is 2.46. The van der Waals surface area contributed by atoms with E-state index in [2.05, 4.69) is 13.8 Å². The van der Waals surface area contributed by atoms with Crippen LogP contribution in [0.25, 0.3) is 11.1 Å².